The van der Waals surface area contributed by atoms with E-state index in [4.69, 9.17) is 10.5 Å². The molecule has 2 aromatic carbocycles. The summed E-state index contributed by atoms with van der Waals surface area (Å²) in [6.07, 6.45) is 6.94. The molecule has 3 aromatic rings. The molecule has 0 saturated carbocycles. The maximum Gasteiger partial charge on any atom is 0.325 e. The van der Waals surface area contributed by atoms with Crippen molar-refractivity contribution in [2.45, 2.75) is 71.1 Å². The van der Waals surface area contributed by atoms with E-state index in [1.54, 1.807) is 0 Å². The number of ether oxygens (including phenoxy) is 1. The zero-order valence-corrected chi connectivity index (χ0v) is 22.8. The molecule has 0 radical (unpaired) electrons. The van der Waals surface area contributed by atoms with Crippen LogP contribution >= 0.6 is 7.60 Å². The van der Waals surface area contributed by atoms with Crippen molar-refractivity contribution in [2.75, 3.05) is 12.8 Å². The predicted octanol–water partition coefficient (Wildman–Crippen LogP) is 5.85. The number of hydrogen-bond donors (Lipinski definition) is 3. The lowest BCUT2D eigenvalue weighted by atomic mass is 9.83. The molecular weight excluding hydrogens is 487 g/mol. The molecule has 200 valence electrons. The summed E-state index contributed by atoms with van der Waals surface area (Å²) in [5.41, 5.74) is 11.6. The van der Waals surface area contributed by atoms with Gasteiger partial charge in [-0.1, -0.05) is 38.5 Å². The second kappa shape index (κ2) is 11.8. The molecule has 8 heteroatoms. The number of nitrogens with two attached hydrogens (primary N) is 1. The van der Waals surface area contributed by atoms with Gasteiger partial charge in [-0.15, -0.1) is 0 Å². The summed E-state index contributed by atoms with van der Waals surface area (Å²) in [6, 6.07) is 14.8. The van der Waals surface area contributed by atoms with Crippen LogP contribution in [0.15, 0.2) is 42.5 Å². The molecule has 1 aliphatic carbocycles. The van der Waals surface area contributed by atoms with E-state index in [1.165, 1.54) is 22.2 Å². The summed E-state index contributed by atoms with van der Waals surface area (Å²) in [6.45, 7) is 4.28. The van der Waals surface area contributed by atoms with Crippen LogP contribution < -0.4 is 10.5 Å². The Morgan fingerprint density at radius 2 is 1.97 bits per heavy atom. The molecule has 1 aliphatic rings. The van der Waals surface area contributed by atoms with E-state index in [2.05, 4.69) is 47.9 Å². The summed E-state index contributed by atoms with van der Waals surface area (Å²) in [4.78, 5) is 29.9. The van der Waals surface area contributed by atoms with Crippen molar-refractivity contribution in [2.24, 2.45) is 11.7 Å². The van der Waals surface area contributed by atoms with Gasteiger partial charge < -0.3 is 24.8 Å². The van der Waals surface area contributed by atoms with Crippen molar-refractivity contribution < 1.29 is 23.9 Å². The van der Waals surface area contributed by atoms with E-state index >= 15 is 0 Å². The lowest BCUT2D eigenvalue weighted by Gasteiger charge is -2.26. The standard InChI is InChI=1S/C29H39N2O5P/c1-3-21-18-26-25(19-27(21)36-16-9-17-37(33,34)35)24-15-8-12-22(11-7-10-20(2)29(30)32)28(24)31(26)23-13-5-4-6-14-23/h4-6,13-14,18-20,22H,3,7-12,15-17H2,1-2H3,(H2,30,32)(H2,33,34,35). The summed E-state index contributed by atoms with van der Waals surface area (Å²) in [5.74, 6) is 0.851. The number of aromatic nitrogens is 1. The van der Waals surface area contributed by atoms with E-state index in [-0.39, 0.29) is 24.6 Å². The Morgan fingerprint density at radius 1 is 1.22 bits per heavy atom. The van der Waals surface area contributed by atoms with Crippen LogP contribution in [-0.2, 0) is 22.2 Å². The van der Waals surface area contributed by atoms with Crippen molar-refractivity contribution in [3.05, 3.63) is 59.3 Å². The topological polar surface area (TPSA) is 115 Å². The first-order valence-corrected chi connectivity index (χ1v) is 15.2. The Labute approximate surface area is 219 Å². The first-order chi connectivity index (χ1) is 17.7. The minimum absolute atomic E-state index is 0.111. The van der Waals surface area contributed by atoms with Gasteiger partial charge in [0.1, 0.15) is 5.75 Å². The van der Waals surface area contributed by atoms with Crippen LogP contribution in [0.3, 0.4) is 0 Å². The molecule has 1 aromatic heterocycles. The zero-order chi connectivity index (χ0) is 26.6. The van der Waals surface area contributed by atoms with Gasteiger partial charge in [0, 0.05) is 22.7 Å². The van der Waals surface area contributed by atoms with Crippen LogP contribution in [0.2, 0.25) is 0 Å². The van der Waals surface area contributed by atoms with Crippen LogP contribution in [-0.4, -0.2) is 33.0 Å². The Morgan fingerprint density at radius 3 is 2.65 bits per heavy atom. The van der Waals surface area contributed by atoms with Gasteiger partial charge in [0.2, 0.25) is 5.91 Å². The highest BCUT2D eigenvalue weighted by molar-refractivity contribution is 7.51. The number of amides is 1. The third-order valence-corrected chi connectivity index (χ3v) is 8.48. The number of rotatable bonds is 12. The molecule has 0 bridgehead atoms. The number of aryl methyl sites for hydroxylation is 2. The SMILES string of the molecule is CCc1cc2c(cc1OCCCP(=O)(O)O)c1c(n2-c2ccccc2)C(CCCC(C)C(N)=O)CCC1. The summed E-state index contributed by atoms with van der Waals surface area (Å²) in [7, 11) is -4.03. The predicted molar refractivity (Wildman–Crippen MR) is 148 cm³/mol. The van der Waals surface area contributed by atoms with Crippen molar-refractivity contribution in [1.29, 1.82) is 0 Å². The van der Waals surface area contributed by atoms with Gasteiger partial charge in [0.15, 0.2) is 0 Å². The van der Waals surface area contributed by atoms with Gasteiger partial charge >= 0.3 is 7.60 Å². The molecule has 37 heavy (non-hydrogen) atoms. The average Bonchev–Trinajstić information content (AvgIpc) is 3.20. The zero-order valence-electron chi connectivity index (χ0n) is 21.9. The molecule has 1 heterocycles. The fourth-order valence-electron chi connectivity index (χ4n) is 5.61. The number of carbonyl (C=O) groups is 1. The lowest BCUT2D eigenvalue weighted by molar-refractivity contribution is -0.121. The first kappa shape index (κ1) is 27.4. The second-order valence-corrected chi connectivity index (χ2v) is 12.1. The molecule has 7 nitrogen and oxygen atoms in total. The van der Waals surface area contributed by atoms with E-state index in [0.29, 0.717) is 12.3 Å². The van der Waals surface area contributed by atoms with Crippen molar-refractivity contribution >= 4 is 24.4 Å². The number of carbonyl (C=O) groups excluding carboxylic acids is 1. The highest BCUT2D eigenvalue weighted by Crippen LogP contribution is 2.44. The van der Waals surface area contributed by atoms with Gasteiger partial charge in [-0.2, -0.15) is 0 Å². The van der Waals surface area contributed by atoms with Crippen molar-refractivity contribution in [3.8, 4) is 11.4 Å². The monoisotopic (exact) mass is 526 g/mol. The Hall–Kier alpha value is -2.60. The molecule has 2 unspecified atom stereocenters. The Balaban J connectivity index is 1.73. The van der Waals surface area contributed by atoms with Gasteiger partial charge in [-0.25, -0.2) is 0 Å². The molecule has 4 rings (SSSR count). The number of benzene rings is 2. The number of primary amides is 1. The van der Waals surface area contributed by atoms with Crippen LogP contribution in [0.25, 0.3) is 16.6 Å². The van der Waals surface area contributed by atoms with E-state index < -0.39 is 7.60 Å². The normalized spacial score (nSPS) is 16.5. The minimum atomic E-state index is -4.03. The number of fused-ring (bicyclic) bond motifs is 3. The number of nitrogens with zero attached hydrogens (tertiary/aromatic N) is 1. The highest BCUT2D eigenvalue weighted by Gasteiger charge is 2.29. The van der Waals surface area contributed by atoms with Gasteiger partial charge in [0.05, 0.1) is 18.3 Å². The summed E-state index contributed by atoms with van der Waals surface area (Å²) in [5, 5.41) is 1.19. The van der Waals surface area contributed by atoms with E-state index in [0.717, 1.165) is 61.9 Å². The quantitative estimate of drug-likeness (QED) is 0.202. The molecule has 0 spiro atoms. The van der Waals surface area contributed by atoms with Crippen LogP contribution in [0.4, 0.5) is 0 Å². The largest absolute Gasteiger partial charge is 0.493 e. The highest BCUT2D eigenvalue weighted by atomic mass is 31.2. The maximum absolute atomic E-state index is 11.5. The van der Waals surface area contributed by atoms with Gasteiger partial charge in [-0.05, 0) is 86.3 Å². The minimum Gasteiger partial charge on any atom is -0.493 e. The van der Waals surface area contributed by atoms with Crippen LogP contribution in [0, 0.1) is 5.92 Å². The van der Waals surface area contributed by atoms with Crippen molar-refractivity contribution in [1.82, 2.24) is 4.57 Å². The molecule has 0 aliphatic heterocycles. The van der Waals surface area contributed by atoms with Gasteiger partial charge in [-0.3, -0.25) is 9.36 Å². The van der Waals surface area contributed by atoms with E-state index in [9.17, 15) is 19.1 Å². The Kier molecular flexibility index (Phi) is 8.79. The van der Waals surface area contributed by atoms with Crippen molar-refractivity contribution in [3.63, 3.8) is 0 Å². The maximum atomic E-state index is 11.5. The summed E-state index contributed by atoms with van der Waals surface area (Å²) < 4.78 is 19.7. The molecule has 0 fully saturated rings. The molecule has 0 saturated heterocycles. The molecule has 1 amide bonds. The smallest absolute Gasteiger partial charge is 0.325 e. The van der Waals surface area contributed by atoms with Gasteiger partial charge in [0.25, 0.3) is 0 Å². The molecule has 2 atom stereocenters. The Bertz CT molecular complexity index is 1280. The summed E-state index contributed by atoms with van der Waals surface area (Å²) >= 11 is 0. The van der Waals surface area contributed by atoms with E-state index in [1.807, 2.05) is 13.0 Å². The second-order valence-electron chi connectivity index (χ2n) is 10.3. The molecule has 4 N–H and O–H groups in total. The molecular formula is C29H39N2O5P. The van der Waals surface area contributed by atoms with Crippen LogP contribution in [0.1, 0.15) is 75.1 Å². The van der Waals surface area contributed by atoms with Crippen LogP contribution in [0.5, 0.6) is 5.75 Å². The number of hydrogen-bond acceptors (Lipinski definition) is 3. The lowest BCUT2D eigenvalue weighted by Crippen LogP contribution is -2.20. The average molecular weight is 527 g/mol. The first-order valence-electron chi connectivity index (χ1n) is 13.4. The third-order valence-electron chi connectivity index (χ3n) is 7.58. The third kappa shape index (κ3) is 6.46. The fraction of sp³-hybridized carbons (Fsp3) is 0.483. The number of para-hydroxylation sites is 1. The fourth-order valence-corrected chi connectivity index (χ4v) is 6.15.